The highest BCUT2D eigenvalue weighted by atomic mass is 32.1. The van der Waals surface area contributed by atoms with Gasteiger partial charge in [0.1, 0.15) is 5.01 Å². The Morgan fingerprint density at radius 2 is 1.94 bits per heavy atom. The molecule has 0 saturated carbocycles. The van der Waals surface area contributed by atoms with Gasteiger partial charge in [-0.1, -0.05) is 36.4 Å². The third kappa shape index (κ3) is 4.06. The number of thiazole rings is 1. The van der Waals surface area contributed by atoms with E-state index in [1.54, 1.807) is 25.4 Å². The van der Waals surface area contributed by atoms with Crippen molar-refractivity contribution < 1.29 is 14.7 Å². The molecule has 1 aromatic carbocycles. The number of rotatable bonds is 7. The number of ketones is 1. The van der Waals surface area contributed by atoms with Gasteiger partial charge >= 0.3 is 0 Å². The predicted octanol–water partition coefficient (Wildman–Crippen LogP) is 3.65. The Morgan fingerprint density at radius 1 is 1.19 bits per heavy atom. The lowest BCUT2D eigenvalue weighted by Crippen LogP contribution is -2.36. The van der Waals surface area contributed by atoms with E-state index in [0.717, 1.165) is 10.6 Å². The molecule has 1 atom stereocenters. The van der Waals surface area contributed by atoms with E-state index in [1.807, 2.05) is 55.4 Å². The summed E-state index contributed by atoms with van der Waals surface area (Å²) in [5, 5.41) is 11.5. The van der Waals surface area contributed by atoms with Crippen LogP contribution in [0.15, 0.2) is 66.2 Å². The van der Waals surface area contributed by atoms with Crippen molar-refractivity contribution in [3.63, 3.8) is 0 Å². The van der Waals surface area contributed by atoms with Gasteiger partial charge in [0.2, 0.25) is 5.78 Å². The number of pyridine rings is 1. The van der Waals surface area contributed by atoms with Crippen molar-refractivity contribution in [3.8, 4) is 10.6 Å². The Morgan fingerprint density at radius 3 is 2.59 bits per heavy atom. The number of Topliss-reactive ketones (excluding diaryl/α,β-unsaturated/α-hetero) is 1. The number of likely N-dealkylation sites (N-methyl/N-ethyl adjacent to an activating group) is 1. The van der Waals surface area contributed by atoms with Crippen LogP contribution in [-0.2, 0) is 4.79 Å². The lowest BCUT2D eigenvalue weighted by atomic mass is 9.96. The van der Waals surface area contributed by atoms with Gasteiger partial charge in [-0.15, -0.1) is 11.3 Å². The smallest absolute Gasteiger partial charge is 0.290 e. The van der Waals surface area contributed by atoms with Crippen LogP contribution >= 0.6 is 11.3 Å². The number of amides is 1. The first-order valence-electron chi connectivity index (χ1n) is 10.2. The van der Waals surface area contributed by atoms with Gasteiger partial charge in [-0.3, -0.25) is 14.6 Å². The van der Waals surface area contributed by atoms with Crippen LogP contribution in [0.25, 0.3) is 10.6 Å². The first-order valence-corrected chi connectivity index (χ1v) is 11.1. The predicted molar refractivity (Wildman–Crippen MR) is 124 cm³/mol. The number of aromatic nitrogens is 2. The Labute approximate surface area is 190 Å². The lowest BCUT2D eigenvalue weighted by molar-refractivity contribution is -0.129. The zero-order valence-electron chi connectivity index (χ0n) is 18.1. The number of aryl methyl sites for hydroxylation is 1. The van der Waals surface area contributed by atoms with E-state index < -0.39 is 17.7 Å². The van der Waals surface area contributed by atoms with Crippen LogP contribution in [0.5, 0.6) is 0 Å². The second-order valence-corrected chi connectivity index (χ2v) is 8.88. The van der Waals surface area contributed by atoms with Gasteiger partial charge in [-0.25, -0.2) is 4.98 Å². The van der Waals surface area contributed by atoms with E-state index in [-0.39, 0.29) is 11.4 Å². The Balaban J connectivity index is 1.76. The Hall–Kier alpha value is -3.36. The zero-order chi connectivity index (χ0) is 22.8. The van der Waals surface area contributed by atoms with Gasteiger partial charge < -0.3 is 14.9 Å². The van der Waals surface area contributed by atoms with Crippen molar-refractivity contribution in [2.75, 3.05) is 27.2 Å². The molecule has 0 bridgehead atoms. The first kappa shape index (κ1) is 21.9. The second kappa shape index (κ2) is 9.02. The van der Waals surface area contributed by atoms with Gasteiger partial charge in [-0.2, -0.15) is 0 Å². The molecule has 8 heteroatoms. The lowest BCUT2D eigenvalue weighted by Gasteiger charge is -2.27. The van der Waals surface area contributed by atoms with E-state index in [0.29, 0.717) is 29.2 Å². The molecule has 1 amide bonds. The van der Waals surface area contributed by atoms with Gasteiger partial charge in [0, 0.05) is 31.0 Å². The highest BCUT2D eigenvalue weighted by molar-refractivity contribution is 7.17. The molecule has 0 spiro atoms. The molecule has 1 aliphatic heterocycles. The van der Waals surface area contributed by atoms with Crippen LogP contribution in [0.1, 0.15) is 27.0 Å². The quantitative estimate of drug-likeness (QED) is 0.555. The number of hydrogen-bond acceptors (Lipinski definition) is 7. The van der Waals surface area contributed by atoms with Crippen LogP contribution in [0.2, 0.25) is 0 Å². The van der Waals surface area contributed by atoms with Crippen molar-refractivity contribution in [2.24, 2.45) is 0 Å². The van der Waals surface area contributed by atoms with Crippen molar-refractivity contribution in [3.05, 3.63) is 82.3 Å². The number of hydrogen-bond donors (Lipinski definition) is 1. The summed E-state index contributed by atoms with van der Waals surface area (Å²) in [5.41, 5.74) is 2.24. The average Bonchev–Trinajstić information content (AvgIpc) is 3.31. The molecule has 0 aliphatic carbocycles. The molecule has 164 valence electrons. The van der Waals surface area contributed by atoms with Gasteiger partial charge in [-0.05, 0) is 32.6 Å². The van der Waals surface area contributed by atoms with Gasteiger partial charge in [0.25, 0.3) is 5.91 Å². The molecule has 1 N–H and O–H groups in total. The fourth-order valence-corrected chi connectivity index (χ4v) is 4.77. The fraction of sp³-hybridized carbons (Fsp3) is 0.250. The standard InChI is InChI=1S/C24H24N4O3S/c1-15-22(32-23(26-15)16-8-5-4-6-9-16)20(29)18-19(17-10-7-11-25-14-17)28(13-12-27(2)3)24(31)21(18)30/h4-11,14,19,30H,12-13H2,1-3H3. The normalized spacial score (nSPS) is 16.3. The molecule has 1 aliphatic rings. The molecule has 2 aromatic heterocycles. The third-order valence-corrected chi connectivity index (χ3v) is 6.57. The van der Waals surface area contributed by atoms with E-state index in [2.05, 4.69) is 9.97 Å². The largest absolute Gasteiger partial charge is 0.503 e. The number of aliphatic hydroxyl groups excluding tert-OH is 1. The first-order chi connectivity index (χ1) is 15.4. The van der Waals surface area contributed by atoms with E-state index in [4.69, 9.17) is 0 Å². The van der Waals surface area contributed by atoms with Crippen molar-refractivity contribution in [2.45, 2.75) is 13.0 Å². The Bertz CT molecular complexity index is 1170. The van der Waals surface area contributed by atoms with Crippen molar-refractivity contribution in [1.29, 1.82) is 0 Å². The topological polar surface area (TPSA) is 86.6 Å². The minimum Gasteiger partial charge on any atom is -0.503 e. The second-order valence-electron chi connectivity index (χ2n) is 7.88. The monoisotopic (exact) mass is 448 g/mol. The summed E-state index contributed by atoms with van der Waals surface area (Å²) < 4.78 is 0. The average molecular weight is 449 g/mol. The third-order valence-electron chi connectivity index (χ3n) is 5.36. The summed E-state index contributed by atoms with van der Waals surface area (Å²) in [6.45, 7) is 2.73. The maximum absolute atomic E-state index is 13.7. The summed E-state index contributed by atoms with van der Waals surface area (Å²) >= 11 is 1.27. The number of benzene rings is 1. The molecule has 32 heavy (non-hydrogen) atoms. The molecule has 7 nitrogen and oxygen atoms in total. The minimum absolute atomic E-state index is 0.0770. The summed E-state index contributed by atoms with van der Waals surface area (Å²) in [6.07, 6.45) is 3.26. The molecular weight excluding hydrogens is 424 g/mol. The molecule has 0 fully saturated rings. The van der Waals surface area contributed by atoms with Crippen LogP contribution in [0, 0.1) is 6.92 Å². The maximum Gasteiger partial charge on any atom is 0.290 e. The highest BCUT2D eigenvalue weighted by Crippen LogP contribution is 2.40. The van der Waals surface area contributed by atoms with Crippen LogP contribution in [-0.4, -0.2) is 63.7 Å². The molecule has 3 heterocycles. The Kier molecular flexibility index (Phi) is 6.16. The van der Waals surface area contributed by atoms with E-state index in [1.165, 1.54) is 16.2 Å². The number of aliphatic hydroxyl groups is 1. The molecule has 0 radical (unpaired) electrons. The summed E-state index contributed by atoms with van der Waals surface area (Å²) in [4.78, 5) is 39.3. The van der Waals surface area contributed by atoms with Crippen molar-refractivity contribution in [1.82, 2.24) is 19.8 Å². The van der Waals surface area contributed by atoms with Crippen molar-refractivity contribution >= 4 is 23.0 Å². The van der Waals surface area contributed by atoms with Crippen LogP contribution in [0.4, 0.5) is 0 Å². The number of nitrogens with zero attached hydrogens (tertiary/aromatic N) is 4. The molecule has 3 aromatic rings. The SMILES string of the molecule is Cc1nc(-c2ccccc2)sc1C(=O)C1=C(O)C(=O)N(CCN(C)C)C1c1cccnc1. The number of carbonyl (C=O) groups excluding carboxylic acids is 2. The van der Waals surface area contributed by atoms with Gasteiger partial charge in [0.05, 0.1) is 22.2 Å². The van der Waals surface area contributed by atoms with Crippen LogP contribution in [0.3, 0.4) is 0 Å². The van der Waals surface area contributed by atoms with E-state index >= 15 is 0 Å². The highest BCUT2D eigenvalue weighted by Gasteiger charge is 2.44. The molecular formula is C24H24N4O3S. The molecule has 1 unspecified atom stereocenters. The summed E-state index contributed by atoms with van der Waals surface area (Å²) in [6, 6.07) is 12.5. The minimum atomic E-state index is -0.703. The zero-order valence-corrected chi connectivity index (χ0v) is 19.0. The maximum atomic E-state index is 13.7. The summed E-state index contributed by atoms with van der Waals surface area (Å²) in [7, 11) is 3.82. The van der Waals surface area contributed by atoms with Gasteiger partial charge in [0.15, 0.2) is 5.76 Å². The molecule has 4 rings (SSSR count). The van der Waals surface area contributed by atoms with Crippen LogP contribution < -0.4 is 0 Å². The molecule has 0 saturated heterocycles. The fourth-order valence-electron chi connectivity index (χ4n) is 3.74. The summed E-state index contributed by atoms with van der Waals surface area (Å²) in [5.74, 6) is -1.43. The number of carbonyl (C=O) groups is 2. The van der Waals surface area contributed by atoms with E-state index in [9.17, 15) is 14.7 Å².